The number of carbonyl (C=O) groups is 1. The molecule has 124 valence electrons. The molecule has 1 aromatic heterocycles. The van der Waals surface area contributed by atoms with Crippen LogP contribution in [-0.2, 0) is 13.5 Å². The van der Waals surface area contributed by atoms with Crippen LogP contribution in [0.25, 0.3) is 0 Å². The molecule has 2 rings (SSSR count). The number of aryl methyl sites for hydroxylation is 1. The standard InChI is InChI=1S/C17H21N3O2.ClH/c1-19-13-15(7-8-16(19)21)17(22)20(12-10-18)11-9-14-5-3-2-4-6-14;/h2-8,13H,9-12,18H2,1H3;1H. The maximum Gasteiger partial charge on any atom is 0.255 e. The summed E-state index contributed by atoms with van der Waals surface area (Å²) in [4.78, 5) is 25.7. The zero-order valence-electron chi connectivity index (χ0n) is 13.1. The molecule has 0 spiro atoms. The third-order valence-corrected chi connectivity index (χ3v) is 3.53. The lowest BCUT2D eigenvalue weighted by atomic mass is 10.1. The topological polar surface area (TPSA) is 68.3 Å². The lowest BCUT2D eigenvalue weighted by molar-refractivity contribution is 0.0761. The van der Waals surface area contributed by atoms with Gasteiger partial charge in [-0.2, -0.15) is 0 Å². The third-order valence-electron chi connectivity index (χ3n) is 3.53. The third kappa shape index (κ3) is 5.23. The van der Waals surface area contributed by atoms with Crippen molar-refractivity contribution in [1.82, 2.24) is 9.47 Å². The number of benzene rings is 1. The molecule has 0 unspecified atom stereocenters. The summed E-state index contributed by atoms with van der Waals surface area (Å²) in [5, 5.41) is 0. The Morgan fingerprint density at radius 2 is 1.83 bits per heavy atom. The van der Waals surface area contributed by atoms with Gasteiger partial charge in [0.25, 0.3) is 5.91 Å². The van der Waals surface area contributed by atoms with Crippen molar-refractivity contribution in [3.05, 3.63) is 70.1 Å². The van der Waals surface area contributed by atoms with Crippen LogP contribution < -0.4 is 11.3 Å². The van der Waals surface area contributed by atoms with E-state index >= 15 is 0 Å². The Labute approximate surface area is 142 Å². The van der Waals surface area contributed by atoms with Gasteiger partial charge >= 0.3 is 0 Å². The molecular weight excluding hydrogens is 314 g/mol. The van der Waals surface area contributed by atoms with Crippen LogP contribution in [0.15, 0.2) is 53.5 Å². The van der Waals surface area contributed by atoms with E-state index < -0.39 is 0 Å². The molecule has 2 aromatic rings. The highest BCUT2D eigenvalue weighted by atomic mass is 35.5. The smallest absolute Gasteiger partial charge is 0.255 e. The van der Waals surface area contributed by atoms with Crippen LogP contribution >= 0.6 is 12.4 Å². The Balaban J connectivity index is 0.00000264. The first-order valence-electron chi connectivity index (χ1n) is 7.32. The summed E-state index contributed by atoms with van der Waals surface area (Å²) in [7, 11) is 1.64. The van der Waals surface area contributed by atoms with Crippen LogP contribution in [0.5, 0.6) is 0 Å². The lowest BCUT2D eigenvalue weighted by Crippen LogP contribution is -2.37. The summed E-state index contributed by atoms with van der Waals surface area (Å²) in [6, 6.07) is 13.0. The van der Waals surface area contributed by atoms with Crippen LogP contribution in [0.4, 0.5) is 0 Å². The molecule has 2 N–H and O–H groups in total. The zero-order valence-corrected chi connectivity index (χ0v) is 14.0. The average molecular weight is 336 g/mol. The fraction of sp³-hybridized carbons (Fsp3) is 0.294. The number of hydrogen-bond donors (Lipinski definition) is 1. The fourth-order valence-electron chi connectivity index (χ4n) is 2.28. The van der Waals surface area contributed by atoms with Gasteiger partial charge in [0.15, 0.2) is 0 Å². The highest BCUT2D eigenvalue weighted by molar-refractivity contribution is 5.93. The highest BCUT2D eigenvalue weighted by Gasteiger charge is 2.15. The molecular formula is C17H22ClN3O2. The number of aromatic nitrogens is 1. The van der Waals surface area contributed by atoms with Crippen molar-refractivity contribution in [1.29, 1.82) is 0 Å². The van der Waals surface area contributed by atoms with E-state index in [2.05, 4.69) is 0 Å². The van der Waals surface area contributed by atoms with E-state index in [1.165, 1.54) is 16.2 Å². The Morgan fingerprint density at radius 1 is 1.13 bits per heavy atom. The molecule has 6 heteroatoms. The number of amides is 1. The van der Waals surface area contributed by atoms with Crippen molar-refractivity contribution in [2.45, 2.75) is 6.42 Å². The monoisotopic (exact) mass is 335 g/mol. The maximum atomic E-state index is 12.6. The molecule has 0 fully saturated rings. The Kier molecular flexibility index (Phi) is 7.51. The van der Waals surface area contributed by atoms with E-state index in [-0.39, 0.29) is 23.9 Å². The minimum atomic E-state index is -0.133. The quantitative estimate of drug-likeness (QED) is 0.868. The van der Waals surface area contributed by atoms with Crippen molar-refractivity contribution in [3.63, 3.8) is 0 Å². The Bertz CT molecular complexity index is 686. The summed E-state index contributed by atoms with van der Waals surface area (Å²) in [5.41, 5.74) is 7.17. The van der Waals surface area contributed by atoms with E-state index in [4.69, 9.17) is 5.73 Å². The highest BCUT2D eigenvalue weighted by Crippen LogP contribution is 2.06. The SMILES string of the molecule is Cl.Cn1cc(C(=O)N(CCN)CCc2ccccc2)ccc1=O. The zero-order chi connectivity index (χ0) is 15.9. The molecule has 0 bridgehead atoms. The molecule has 0 atom stereocenters. The van der Waals surface area contributed by atoms with Gasteiger partial charge in [0.05, 0.1) is 5.56 Å². The number of nitrogens with two attached hydrogens (primary N) is 1. The number of carbonyl (C=O) groups excluding carboxylic acids is 1. The molecule has 0 saturated heterocycles. The lowest BCUT2D eigenvalue weighted by Gasteiger charge is -2.22. The maximum absolute atomic E-state index is 12.6. The summed E-state index contributed by atoms with van der Waals surface area (Å²) < 4.78 is 1.41. The van der Waals surface area contributed by atoms with Gasteiger partial charge in [-0.05, 0) is 18.1 Å². The van der Waals surface area contributed by atoms with Crippen LogP contribution in [0.3, 0.4) is 0 Å². The molecule has 1 aromatic carbocycles. The van der Waals surface area contributed by atoms with Crippen LogP contribution in [-0.4, -0.2) is 35.0 Å². The van der Waals surface area contributed by atoms with Gasteiger partial charge in [-0.1, -0.05) is 30.3 Å². The molecule has 0 aliphatic carbocycles. The molecule has 5 nitrogen and oxygen atoms in total. The molecule has 0 radical (unpaired) electrons. The van der Waals surface area contributed by atoms with Crippen molar-refractivity contribution in [3.8, 4) is 0 Å². The van der Waals surface area contributed by atoms with E-state index in [0.29, 0.717) is 25.2 Å². The van der Waals surface area contributed by atoms with E-state index in [1.54, 1.807) is 24.2 Å². The van der Waals surface area contributed by atoms with Crippen molar-refractivity contribution in [2.24, 2.45) is 12.8 Å². The van der Waals surface area contributed by atoms with Gasteiger partial charge in [-0.15, -0.1) is 12.4 Å². The van der Waals surface area contributed by atoms with Gasteiger partial charge in [0.2, 0.25) is 5.56 Å². The number of hydrogen-bond acceptors (Lipinski definition) is 3. The van der Waals surface area contributed by atoms with Gasteiger partial charge in [0, 0.05) is 38.9 Å². The number of pyridine rings is 1. The van der Waals surface area contributed by atoms with E-state index in [0.717, 1.165) is 6.42 Å². The van der Waals surface area contributed by atoms with E-state index in [9.17, 15) is 9.59 Å². The first-order chi connectivity index (χ1) is 10.6. The van der Waals surface area contributed by atoms with Crippen molar-refractivity contribution in [2.75, 3.05) is 19.6 Å². The minimum absolute atomic E-state index is 0. The Hall–Kier alpha value is -2.11. The molecule has 23 heavy (non-hydrogen) atoms. The summed E-state index contributed by atoms with van der Waals surface area (Å²) in [6.45, 7) is 1.50. The van der Waals surface area contributed by atoms with Gasteiger partial charge in [-0.25, -0.2) is 0 Å². The number of halogens is 1. The van der Waals surface area contributed by atoms with Crippen LogP contribution in [0, 0.1) is 0 Å². The normalized spacial score (nSPS) is 10.0. The molecule has 0 aliphatic rings. The van der Waals surface area contributed by atoms with E-state index in [1.807, 2.05) is 30.3 Å². The summed E-state index contributed by atoms with van der Waals surface area (Å²) in [6.07, 6.45) is 2.34. The summed E-state index contributed by atoms with van der Waals surface area (Å²) in [5.74, 6) is -0.100. The minimum Gasteiger partial charge on any atom is -0.337 e. The number of nitrogens with zero attached hydrogens (tertiary/aromatic N) is 2. The van der Waals surface area contributed by atoms with Crippen molar-refractivity contribution >= 4 is 18.3 Å². The molecule has 1 amide bonds. The second kappa shape index (κ2) is 9.12. The first kappa shape index (κ1) is 18.9. The Morgan fingerprint density at radius 3 is 2.43 bits per heavy atom. The van der Waals surface area contributed by atoms with Gasteiger partial charge < -0.3 is 15.2 Å². The first-order valence-corrected chi connectivity index (χ1v) is 7.32. The summed E-state index contributed by atoms with van der Waals surface area (Å²) >= 11 is 0. The predicted molar refractivity (Wildman–Crippen MR) is 94.0 cm³/mol. The second-order valence-corrected chi connectivity index (χ2v) is 5.18. The van der Waals surface area contributed by atoms with Gasteiger partial charge in [-0.3, -0.25) is 9.59 Å². The van der Waals surface area contributed by atoms with Crippen LogP contribution in [0.2, 0.25) is 0 Å². The van der Waals surface area contributed by atoms with Crippen LogP contribution in [0.1, 0.15) is 15.9 Å². The molecule has 1 heterocycles. The van der Waals surface area contributed by atoms with Crippen molar-refractivity contribution < 1.29 is 4.79 Å². The number of rotatable bonds is 6. The average Bonchev–Trinajstić information content (AvgIpc) is 2.54. The second-order valence-electron chi connectivity index (χ2n) is 5.18. The predicted octanol–water partition coefficient (Wildman–Crippen LogP) is 1.45. The fourth-order valence-corrected chi connectivity index (χ4v) is 2.28. The van der Waals surface area contributed by atoms with Gasteiger partial charge in [0.1, 0.15) is 0 Å². The molecule has 0 saturated carbocycles. The largest absolute Gasteiger partial charge is 0.337 e. The molecule has 0 aliphatic heterocycles.